The van der Waals surface area contributed by atoms with Crippen LogP contribution in [-0.4, -0.2) is 57.9 Å². The Balaban J connectivity index is 1.73. The lowest BCUT2D eigenvalue weighted by molar-refractivity contribution is -0.385. The normalized spacial score (nSPS) is 17.9. The molecule has 1 saturated heterocycles. The summed E-state index contributed by atoms with van der Waals surface area (Å²) < 4.78 is 17.2. The second-order valence-electron chi connectivity index (χ2n) is 9.00. The highest BCUT2D eigenvalue weighted by molar-refractivity contribution is 5.88. The van der Waals surface area contributed by atoms with Crippen molar-refractivity contribution in [1.29, 1.82) is 0 Å². The number of ether oxygens (including phenoxy) is 3. The van der Waals surface area contributed by atoms with Gasteiger partial charge in [-0.25, -0.2) is 9.59 Å². The molecule has 1 aliphatic rings. The lowest BCUT2D eigenvalue weighted by atomic mass is 10.2. The fourth-order valence-electron chi connectivity index (χ4n) is 3.59. The first kappa shape index (κ1) is 25.0. The quantitative estimate of drug-likeness (QED) is 0.446. The fraction of sp³-hybridized carbons (Fsp3) is 0.417. The number of carboxylic acid groups (broad SMARTS) is 1. The van der Waals surface area contributed by atoms with Crippen molar-refractivity contribution in [1.82, 2.24) is 4.90 Å². The lowest BCUT2D eigenvalue weighted by Crippen LogP contribution is -2.42. The van der Waals surface area contributed by atoms with E-state index in [0.29, 0.717) is 13.0 Å². The molecule has 1 fully saturated rings. The van der Waals surface area contributed by atoms with E-state index in [1.54, 1.807) is 20.8 Å². The van der Waals surface area contributed by atoms with E-state index in [1.165, 1.54) is 17.0 Å². The monoisotopic (exact) mass is 472 g/mol. The van der Waals surface area contributed by atoms with Gasteiger partial charge in [0.2, 0.25) is 0 Å². The van der Waals surface area contributed by atoms with E-state index in [1.807, 2.05) is 30.3 Å². The number of nitrogens with zero attached hydrogens (tertiary/aromatic N) is 2. The van der Waals surface area contributed by atoms with Crippen LogP contribution >= 0.6 is 0 Å². The van der Waals surface area contributed by atoms with E-state index in [9.17, 15) is 19.7 Å². The van der Waals surface area contributed by atoms with Crippen molar-refractivity contribution >= 4 is 17.7 Å². The molecule has 1 aliphatic heterocycles. The molecule has 1 N–H and O–H groups in total. The molecule has 1 heterocycles. The minimum absolute atomic E-state index is 0.0440. The summed E-state index contributed by atoms with van der Waals surface area (Å²) in [6, 6.07) is 12.6. The van der Waals surface area contributed by atoms with Crippen molar-refractivity contribution in [3.63, 3.8) is 0 Å². The third kappa shape index (κ3) is 6.67. The Labute approximate surface area is 197 Å². The first-order valence-corrected chi connectivity index (χ1v) is 10.8. The average molecular weight is 472 g/mol. The van der Waals surface area contributed by atoms with Crippen LogP contribution in [0.5, 0.6) is 5.75 Å². The zero-order valence-electron chi connectivity index (χ0n) is 19.3. The van der Waals surface area contributed by atoms with Crippen LogP contribution in [0, 0.1) is 10.1 Å². The summed E-state index contributed by atoms with van der Waals surface area (Å²) in [5.74, 6) is -1.35. The molecule has 2 aromatic rings. The SMILES string of the molecule is CC(C)(C)OC(=O)N1CC(OCc2ccccc2)CC1COc1ccc(C(=O)O)cc1[N+](=O)[O-]. The van der Waals surface area contributed by atoms with Crippen LogP contribution in [0.25, 0.3) is 0 Å². The molecule has 3 rings (SSSR count). The van der Waals surface area contributed by atoms with E-state index in [2.05, 4.69) is 0 Å². The van der Waals surface area contributed by atoms with Gasteiger partial charge in [0.25, 0.3) is 0 Å². The summed E-state index contributed by atoms with van der Waals surface area (Å²) >= 11 is 0. The number of nitro benzene ring substituents is 1. The lowest BCUT2D eigenvalue weighted by Gasteiger charge is -2.28. The number of carbonyl (C=O) groups is 2. The highest BCUT2D eigenvalue weighted by atomic mass is 16.6. The molecule has 0 aromatic heterocycles. The minimum Gasteiger partial charge on any atom is -0.485 e. The molecule has 34 heavy (non-hydrogen) atoms. The molecule has 2 atom stereocenters. The Morgan fingerprint density at radius 1 is 1.18 bits per heavy atom. The number of benzene rings is 2. The average Bonchev–Trinajstić information content (AvgIpc) is 3.19. The molecule has 0 saturated carbocycles. The van der Waals surface area contributed by atoms with Crippen molar-refractivity contribution in [3.05, 3.63) is 69.8 Å². The van der Waals surface area contributed by atoms with Crippen LogP contribution in [0.3, 0.4) is 0 Å². The second-order valence-corrected chi connectivity index (χ2v) is 9.00. The van der Waals surface area contributed by atoms with Gasteiger partial charge in [0.05, 0.1) is 35.8 Å². The first-order valence-electron chi connectivity index (χ1n) is 10.8. The standard InChI is InChI=1S/C24H28N2O8/c1-24(2,3)34-23(29)25-13-19(32-14-16-7-5-4-6-8-16)12-18(25)15-33-21-10-9-17(22(27)28)11-20(21)26(30)31/h4-11,18-19H,12-15H2,1-3H3,(H,27,28). The van der Waals surface area contributed by atoms with E-state index in [0.717, 1.165) is 11.6 Å². The first-order chi connectivity index (χ1) is 16.0. The molecular formula is C24H28N2O8. The number of amides is 1. The summed E-state index contributed by atoms with van der Waals surface area (Å²) in [4.78, 5) is 36.2. The maximum absolute atomic E-state index is 12.8. The molecule has 10 nitrogen and oxygen atoms in total. The molecule has 182 valence electrons. The summed E-state index contributed by atoms with van der Waals surface area (Å²) in [7, 11) is 0. The van der Waals surface area contributed by atoms with Crippen molar-refractivity contribution in [2.75, 3.05) is 13.2 Å². The molecule has 2 aromatic carbocycles. The maximum atomic E-state index is 12.8. The zero-order chi connectivity index (χ0) is 24.9. The second kappa shape index (κ2) is 10.5. The fourth-order valence-corrected chi connectivity index (χ4v) is 3.59. The van der Waals surface area contributed by atoms with Gasteiger partial charge in [-0.2, -0.15) is 0 Å². The minimum atomic E-state index is -1.28. The number of aromatic carboxylic acids is 1. The smallest absolute Gasteiger partial charge is 0.410 e. The van der Waals surface area contributed by atoms with Crippen LogP contribution in [0.1, 0.15) is 43.1 Å². The van der Waals surface area contributed by atoms with Crippen LogP contribution < -0.4 is 4.74 Å². The zero-order valence-corrected chi connectivity index (χ0v) is 19.3. The van der Waals surface area contributed by atoms with Gasteiger partial charge in [-0.3, -0.25) is 15.0 Å². The van der Waals surface area contributed by atoms with Gasteiger partial charge in [-0.1, -0.05) is 30.3 Å². The summed E-state index contributed by atoms with van der Waals surface area (Å²) in [5.41, 5.74) is -0.375. The molecular weight excluding hydrogens is 444 g/mol. The van der Waals surface area contributed by atoms with E-state index < -0.39 is 34.3 Å². The Morgan fingerprint density at radius 3 is 2.50 bits per heavy atom. The Bertz CT molecular complexity index is 1040. The molecule has 2 unspecified atom stereocenters. The molecule has 0 spiro atoms. The number of carboxylic acids is 1. The summed E-state index contributed by atoms with van der Waals surface area (Å²) in [5, 5.41) is 20.5. The number of hydrogen-bond donors (Lipinski definition) is 1. The largest absolute Gasteiger partial charge is 0.485 e. The van der Waals surface area contributed by atoms with Crippen LogP contribution in [0.15, 0.2) is 48.5 Å². The molecule has 10 heteroatoms. The summed E-state index contributed by atoms with van der Waals surface area (Å²) in [6.45, 7) is 5.92. The number of nitro groups is 1. The molecule has 0 radical (unpaired) electrons. The van der Waals surface area contributed by atoms with Crippen molar-refractivity contribution < 1.29 is 33.8 Å². The van der Waals surface area contributed by atoms with Gasteiger partial charge in [-0.15, -0.1) is 0 Å². The Hall–Kier alpha value is -3.66. The highest BCUT2D eigenvalue weighted by Gasteiger charge is 2.39. The molecule has 1 amide bonds. The van der Waals surface area contributed by atoms with Crippen LogP contribution in [0.2, 0.25) is 0 Å². The topological polar surface area (TPSA) is 128 Å². The number of rotatable bonds is 8. The van der Waals surface area contributed by atoms with Crippen LogP contribution in [-0.2, 0) is 16.1 Å². The predicted octanol–water partition coefficient (Wildman–Crippen LogP) is 4.27. The third-order valence-electron chi connectivity index (χ3n) is 5.17. The third-order valence-corrected chi connectivity index (χ3v) is 5.17. The highest BCUT2D eigenvalue weighted by Crippen LogP contribution is 2.30. The van der Waals surface area contributed by atoms with Gasteiger partial charge in [0.1, 0.15) is 12.2 Å². The van der Waals surface area contributed by atoms with Gasteiger partial charge >= 0.3 is 17.7 Å². The van der Waals surface area contributed by atoms with E-state index in [-0.39, 0.29) is 30.6 Å². The van der Waals surface area contributed by atoms with Crippen LogP contribution in [0.4, 0.5) is 10.5 Å². The van der Waals surface area contributed by atoms with Gasteiger partial charge < -0.3 is 19.3 Å². The van der Waals surface area contributed by atoms with Gasteiger partial charge in [0.15, 0.2) is 5.75 Å². The number of carbonyl (C=O) groups excluding carboxylic acids is 1. The van der Waals surface area contributed by atoms with E-state index >= 15 is 0 Å². The molecule has 0 bridgehead atoms. The number of likely N-dealkylation sites (tertiary alicyclic amines) is 1. The Kier molecular flexibility index (Phi) is 7.72. The van der Waals surface area contributed by atoms with E-state index in [4.69, 9.17) is 19.3 Å². The maximum Gasteiger partial charge on any atom is 0.410 e. The Morgan fingerprint density at radius 2 is 1.88 bits per heavy atom. The predicted molar refractivity (Wildman–Crippen MR) is 122 cm³/mol. The van der Waals surface area contributed by atoms with Gasteiger partial charge in [-0.05, 0) is 44.9 Å². The van der Waals surface area contributed by atoms with Crippen molar-refractivity contribution in [2.45, 2.75) is 51.5 Å². The summed E-state index contributed by atoms with van der Waals surface area (Å²) in [6.07, 6.45) is -0.346. The number of hydrogen-bond acceptors (Lipinski definition) is 7. The van der Waals surface area contributed by atoms with Crippen molar-refractivity contribution in [3.8, 4) is 5.75 Å². The molecule has 0 aliphatic carbocycles. The van der Waals surface area contributed by atoms with Gasteiger partial charge in [0, 0.05) is 6.07 Å². The van der Waals surface area contributed by atoms with Crippen molar-refractivity contribution in [2.24, 2.45) is 0 Å².